The van der Waals surface area contributed by atoms with Crippen LogP contribution < -0.4 is 0 Å². The van der Waals surface area contributed by atoms with E-state index in [1.54, 1.807) is 0 Å². The maximum absolute atomic E-state index is 10.9. The van der Waals surface area contributed by atoms with Gasteiger partial charge in [0, 0.05) is 12.0 Å². The Kier molecular flexibility index (Phi) is 4.65. The summed E-state index contributed by atoms with van der Waals surface area (Å²) in [6.45, 7) is 13.4. The van der Waals surface area contributed by atoms with Crippen LogP contribution in [-0.4, -0.2) is 36.2 Å². The highest BCUT2D eigenvalue weighted by molar-refractivity contribution is 4.99. The van der Waals surface area contributed by atoms with E-state index in [9.17, 15) is 5.11 Å². The van der Waals surface area contributed by atoms with Gasteiger partial charge in [0.1, 0.15) is 0 Å². The van der Waals surface area contributed by atoms with Gasteiger partial charge in [0.25, 0.3) is 0 Å². The highest BCUT2D eigenvalue weighted by Crippen LogP contribution is 2.46. The second kappa shape index (κ2) is 5.27. The molecule has 102 valence electrons. The lowest BCUT2D eigenvalue weighted by Crippen LogP contribution is -2.48. The normalized spacial score (nSPS) is 40.6. The summed E-state index contributed by atoms with van der Waals surface area (Å²) in [5.74, 6) is 0.528. The van der Waals surface area contributed by atoms with Crippen molar-refractivity contribution in [2.75, 3.05) is 20.1 Å². The molecule has 1 rings (SSSR count). The molecule has 2 nitrogen and oxygen atoms in total. The fourth-order valence-electron chi connectivity index (χ4n) is 3.54. The molecule has 0 aliphatic carbocycles. The molecule has 0 aromatic heterocycles. The Morgan fingerprint density at radius 2 is 1.94 bits per heavy atom. The quantitative estimate of drug-likeness (QED) is 0.820. The second-order valence-electron chi connectivity index (χ2n) is 6.95. The Labute approximate surface area is 107 Å². The van der Waals surface area contributed by atoms with Gasteiger partial charge in [0.05, 0.1) is 6.10 Å². The molecular formula is C15H31NO. The van der Waals surface area contributed by atoms with Crippen LogP contribution in [0.25, 0.3) is 0 Å². The third-order valence-electron chi connectivity index (χ3n) is 5.09. The fraction of sp³-hybridized carbons (Fsp3) is 1.00. The molecule has 0 spiro atoms. The zero-order chi connectivity index (χ0) is 13.3. The van der Waals surface area contributed by atoms with Gasteiger partial charge in [-0.25, -0.2) is 0 Å². The Balaban J connectivity index is 3.04. The first-order valence-electron chi connectivity index (χ1n) is 7.13. The van der Waals surface area contributed by atoms with Crippen LogP contribution in [0.2, 0.25) is 0 Å². The van der Waals surface area contributed by atoms with Crippen LogP contribution in [0.15, 0.2) is 0 Å². The molecule has 1 aliphatic rings. The summed E-state index contributed by atoms with van der Waals surface area (Å²) in [4.78, 5) is 2.40. The number of nitrogens with zero attached hydrogens (tertiary/aromatic N) is 1. The van der Waals surface area contributed by atoms with Crippen LogP contribution in [0.4, 0.5) is 0 Å². The van der Waals surface area contributed by atoms with E-state index in [0.29, 0.717) is 5.92 Å². The van der Waals surface area contributed by atoms with Gasteiger partial charge in [0.2, 0.25) is 0 Å². The molecule has 0 radical (unpaired) electrons. The lowest BCUT2D eigenvalue weighted by molar-refractivity contribution is -0.0775. The highest BCUT2D eigenvalue weighted by Gasteiger charge is 2.48. The monoisotopic (exact) mass is 241 g/mol. The Morgan fingerprint density at radius 1 is 1.35 bits per heavy atom. The first-order valence-corrected chi connectivity index (χ1v) is 7.13. The summed E-state index contributed by atoms with van der Waals surface area (Å²) in [6.07, 6.45) is 3.16. The van der Waals surface area contributed by atoms with Crippen molar-refractivity contribution in [3.63, 3.8) is 0 Å². The van der Waals surface area contributed by atoms with Gasteiger partial charge >= 0.3 is 0 Å². The predicted molar refractivity (Wildman–Crippen MR) is 74.1 cm³/mol. The number of rotatable bonds is 3. The first kappa shape index (κ1) is 15.0. The Bertz CT molecular complexity index is 253. The summed E-state index contributed by atoms with van der Waals surface area (Å²) in [7, 11) is 2.19. The summed E-state index contributed by atoms with van der Waals surface area (Å²) in [6, 6.07) is 0. The van der Waals surface area contributed by atoms with Crippen molar-refractivity contribution in [2.45, 2.75) is 60.0 Å². The first-order chi connectivity index (χ1) is 7.76. The average Bonchev–Trinajstić information content (AvgIpc) is 2.31. The second-order valence-corrected chi connectivity index (χ2v) is 6.95. The van der Waals surface area contributed by atoms with Gasteiger partial charge in [-0.1, -0.05) is 41.0 Å². The van der Waals surface area contributed by atoms with Gasteiger partial charge in [-0.05, 0) is 37.8 Å². The van der Waals surface area contributed by atoms with Crippen LogP contribution in [0.3, 0.4) is 0 Å². The number of aliphatic hydroxyl groups is 1. The minimum Gasteiger partial charge on any atom is -0.392 e. The van der Waals surface area contributed by atoms with E-state index in [1.165, 1.54) is 0 Å². The third kappa shape index (κ3) is 2.85. The largest absolute Gasteiger partial charge is 0.392 e. The summed E-state index contributed by atoms with van der Waals surface area (Å²) in [5.41, 5.74) is 0.0910. The zero-order valence-corrected chi connectivity index (χ0v) is 12.6. The van der Waals surface area contributed by atoms with E-state index in [1.807, 2.05) is 0 Å². The van der Waals surface area contributed by atoms with Crippen molar-refractivity contribution in [2.24, 2.45) is 16.7 Å². The van der Waals surface area contributed by atoms with Crippen molar-refractivity contribution in [1.82, 2.24) is 4.90 Å². The molecular weight excluding hydrogens is 210 g/mol. The van der Waals surface area contributed by atoms with Crippen molar-refractivity contribution in [3.8, 4) is 0 Å². The number of likely N-dealkylation sites (tertiary alicyclic amines) is 1. The molecule has 1 saturated heterocycles. The smallest absolute Gasteiger partial charge is 0.0662 e. The van der Waals surface area contributed by atoms with Crippen molar-refractivity contribution in [1.29, 1.82) is 0 Å². The van der Waals surface area contributed by atoms with Crippen LogP contribution in [-0.2, 0) is 0 Å². The van der Waals surface area contributed by atoms with Crippen molar-refractivity contribution < 1.29 is 5.11 Å². The predicted octanol–water partition coefficient (Wildman–Crippen LogP) is 3.15. The number of hydrogen-bond acceptors (Lipinski definition) is 2. The highest BCUT2D eigenvalue weighted by atomic mass is 16.3. The van der Waals surface area contributed by atoms with Gasteiger partial charge < -0.3 is 10.0 Å². The summed E-state index contributed by atoms with van der Waals surface area (Å²) < 4.78 is 0. The molecule has 1 fully saturated rings. The molecule has 3 unspecified atom stereocenters. The average molecular weight is 241 g/mol. The molecule has 0 bridgehead atoms. The lowest BCUT2D eigenvalue weighted by Gasteiger charge is -2.45. The van der Waals surface area contributed by atoms with Crippen LogP contribution >= 0.6 is 0 Å². The maximum Gasteiger partial charge on any atom is 0.0662 e. The maximum atomic E-state index is 10.9. The fourth-order valence-corrected chi connectivity index (χ4v) is 3.54. The van der Waals surface area contributed by atoms with E-state index in [0.717, 1.165) is 32.4 Å². The molecule has 17 heavy (non-hydrogen) atoms. The van der Waals surface area contributed by atoms with Gasteiger partial charge in [-0.15, -0.1) is 0 Å². The molecule has 1 aliphatic heterocycles. The standard InChI is InChI=1S/C15H31NO/c1-7-8-14(4)11-16(6)10-9-15(5,12(2)3)13(14)17/h12-13,17H,7-11H2,1-6H3. The molecule has 1 heterocycles. The Hall–Kier alpha value is -0.0800. The Morgan fingerprint density at radius 3 is 2.41 bits per heavy atom. The lowest BCUT2D eigenvalue weighted by atomic mass is 9.63. The van der Waals surface area contributed by atoms with Crippen molar-refractivity contribution in [3.05, 3.63) is 0 Å². The van der Waals surface area contributed by atoms with Crippen LogP contribution in [0, 0.1) is 16.7 Å². The van der Waals surface area contributed by atoms with E-state index >= 15 is 0 Å². The van der Waals surface area contributed by atoms with Gasteiger partial charge in [-0.3, -0.25) is 0 Å². The summed E-state index contributed by atoms with van der Waals surface area (Å²) >= 11 is 0. The van der Waals surface area contributed by atoms with E-state index in [-0.39, 0.29) is 16.9 Å². The molecule has 0 saturated carbocycles. The third-order valence-corrected chi connectivity index (χ3v) is 5.09. The molecule has 2 heteroatoms. The minimum absolute atomic E-state index is 0.0407. The number of aliphatic hydroxyl groups excluding tert-OH is 1. The minimum atomic E-state index is -0.195. The molecule has 3 atom stereocenters. The van der Waals surface area contributed by atoms with E-state index in [4.69, 9.17) is 0 Å². The SMILES string of the molecule is CCCC1(C)CN(C)CCC(C)(C(C)C)C1O. The topological polar surface area (TPSA) is 23.5 Å². The molecule has 0 aromatic carbocycles. The molecule has 1 N–H and O–H groups in total. The van der Waals surface area contributed by atoms with Gasteiger partial charge in [0.15, 0.2) is 0 Å². The van der Waals surface area contributed by atoms with Gasteiger partial charge in [-0.2, -0.15) is 0 Å². The molecule has 0 amide bonds. The van der Waals surface area contributed by atoms with Crippen LogP contribution in [0.1, 0.15) is 53.9 Å². The zero-order valence-electron chi connectivity index (χ0n) is 12.6. The number of hydrogen-bond donors (Lipinski definition) is 1. The van der Waals surface area contributed by atoms with Crippen molar-refractivity contribution >= 4 is 0 Å². The van der Waals surface area contributed by atoms with Crippen LogP contribution in [0.5, 0.6) is 0 Å². The van der Waals surface area contributed by atoms with E-state index < -0.39 is 0 Å². The molecule has 0 aromatic rings. The summed E-state index contributed by atoms with van der Waals surface area (Å²) in [5, 5.41) is 10.9. The van der Waals surface area contributed by atoms with E-state index in [2.05, 4.69) is 46.6 Å².